The SMILES string of the molecule is C=CCC(C)c1nnc(NC(=O)C(CCC)NC(=O)Cc2cc(F)cc(F)c2)s1. The molecule has 0 saturated heterocycles. The van der Waals surface area contributed by atoms with Crippen LogP contribution in [-0.4, -0.2) is 28.1 Å². The van der Waals surface area contributed by atoms with Crippen LogP contribution < -0.4 is 10.6 Å². The zero-order valence-electron chi connectivity index (χ0n) is 16.4. The van der Waals surface area contributed by atoms with Gasteiger partial charge in [-0.1, -0.05) is 37.7 Å². The van der Waals surface area contributed by atoms with Crippen LogP contribution >= 0.6 is 11.3 Å². The summed E-state index contributed by atoms with van der Waals surface area (Å²) in [7, 11) is 0. The number of anilines is 1. The van der Waals surface area contributed by atoms with Gasteiger partial charge in [-0.2, -0.15) is 0 Å². The lowest BCUT2D eigenvalue weighted by atomic mass is 10.1. The van der Waals surface area contributed by atoms with Crippen molar-refractivity contribution in [2.45, 2.75) is 51.5 Å². The van der Waals surface area contributed by atoms with E-state index >= 15 is 0 Å². The van der Waals surface area contributed by atoms with E-state index in [9.17, 15) is 18.4 Å². The Labute approximate surface area is 172 Å². The summed E-state index contributed by atoms with van der Waals surface area (Å²) in [5.41, 5.74) is 0.195. The molecule has 29 heavy (non-hydrogen) atoms. The number of amides is 2. The van der Waals surface area contributed by atoms with E-state index < -0.39 is 29.5 Å². The van der Waals surface area contributed by atoms with Crippen LogP contribution in [0.4, 0.5) is 13.9 Å². The number of rotatable bonds is 10. The molecule has 2 amide bonds. The van der Waals surface area contributed by atoms with Crippen molar-refractivity contribution in [2.75, 3.05) is 5.32 Å². The molecule has 2 rings (SSSR count). The van der Waals surface area contributed by atoms with Gasteiger partial charge in [0.25, 0.3) is 0 Å². The van der Waals surface area contributed by atoms with Crippen molar-refractivity contribution in [2.24, 2.45) is 0 Å². The second-order valence-electron chi connectivity index (χ2n) is 6.72. The first kappa shape index (κ1) is 22.6. The quantitative estimate of drug-likeness (QED) is 0.568. The fourth-order valence-corrected chi connectivity index (χ4v) is 3.54. The predicted octanol–water partition coefficient (Wildman–Crippen LogP) is 3.96. The number of nitrogens with one attached hydrogen (secondary N) is 2. The Balaban J connectivity index is 1.99. The first-order valence-corrected chi connectivity index (χ1v) is 10.1. The normalized spacial score (nSPS) is 12.8. The molecule has 2 atom stereocenters. The smallest absolute Gasteiger partial charge is 0.248 e. The highest BCUT2D eigenvalue weighted by Crippen LogP contribution is 2.25. The van der Waals surface area contributed by atoms with Gasteiger partial charge < -0.3 is 5.32 Å². The first-order valence-electron chi connectivity index (χ1n) is 9.31. The standard InChI is InChI=1S/C20H24F2N4O2S/c1-4-6-12(3)19-25-26-20(29-19)24-18(28)16(7-5-2)23-17(27)10-13-8-14(21)11-15(22)9-13/h4,8-9,11-12,16H,1,5-7,10H2,2-3H3,(H,23,27)(H,24,26,28). The minimum Gasteiger partial charge on any atom is -0.344 e. The number of aromatic nitrogens is 2. The molecule has 1 aromatic carbocycles. The fraction of sp³-hybridized carbons (Fsp3) is 0.400. The third-order valence-corrected chi connectivity index (χ3v) is 5.20. The van der Waals surface area contributed by atoms with Crippen LogP contribution in [0.25, 0.3) is 0 Å². The topological polar surface area (TPSA) is 84.0 Å². The van der Waals surface area contributed by atoms with Crippen molar-refractivity contribution in [3.63, 3.8) is 0 Å². The molecule has 156 valence electrons. The summed E-state index contributed by atoms with van der Waals surface area (Å²) < 4.78 is 26.6. The van der Waals surface area contributed by atoms with Crippen LogP contribution in [0, 0.1) is 11.6 Å². The Morgan fingerprint density at radius 3 is 2.55 bits per heavy atom. The van der Waals surface area contributed by atoms with Gasteiger partial charge in [0.1, 0.15) is 22.7 Å². The molecule has 2 unspecified atom stereocenters. The number of hydrogen-bond donors (Lipinski definition) is 2. The maximum absolute atomic E-state index is 13.3. The number of nitrogens with zero attached hydrogens (tertiary/aromatic N) is 2. The van der Waals surface area contributed by atoms with E-state index in [2.05, 4.69) is 27.4 Å². The molecule has 0 spiro atoms. The molecule has 0 aliphatic rings. The largest absolute Gasteiger partial charge is 0.344 e. The number of hydrogen-bond acceptors (Lipinski definition) is 5. The molecule has 2 aromatic rings. The van der Waals surface area contributed by atoms with Gasteiger partial charge >= 0.3 is 0 Å². The van der Waals surface area contributed by atoms with Gasteiger partial charge in [-0.25, -0.2) is 8.78 Å². The third-order valence-electron chi connectivity index (χ3n) is 4.13. The lowest BCUT2D eigenvalue weighted by Crippen LogP contribution is -2.44. The molecule has 1 aromatic heterocycles. The number of carbonyl (C=O) groups is 2. The summed E-state index contributed by atoms with van der Waals surface area (Å²) in [5.74, 6) is -2.28. The van der Waals surface area contributed by atoms with Crippen molar-refractivity contribution < 1.29 is 18.4 Å². The summed E-state index contributed by atoms with van der Waals surface area (Å²) in [5, 5.41) is 14.5. The van der Waals surface area contributed by atoms with E-state index in [-0.39, 0.29) is 17.9 Å². The van der Waals surface area contributed by atoms with Crippen molar-refractivity contribution >= 4 is 28.3 Å². The molecule has 0 aliphatic carbocycles. The van der Waals surface area contributed by atoms with Crippen molar-refractivity contribution in [3.05, 3.63) is 53.1 Å². The summed E-state index contributed by atoms with van der Waals surface area (Å²) in [6.07, 6.45) is 3.38. The van der Waals surface area contributed by atoms with Crippen LogP contribution in [0.3, 0.4) is 0 Å². The third kappa shape index (κ3) is 7.01. The maximum Gasteiger partial charge on any atom is 0.248 e. The lowest BCUT2D eigenvalue weighted by molar-refractivity contribution is -0.126. The van der Waals surface area contributed by atoms with Gasteiger partial charge in [0.2, 0.25) is 16.9 Å². The molecule has 0 saturated carbocycles. The Morgan fingerprint density at radius 2 is 1.93 bits per heavy atom. The molecule has 0 bridgehead atoms. The zero-order valence-corrected chi connectivity index (χ0v) is 17.2. The predicted molar refractivity (Wildman–Crippen MR) is 109 cm³/mol. The van der Waals surface area contributed by atoms with Crippen LogP contribution in [0.5, 0.6) is 0 Å². The molecular formula is C20H24F2N4O2S. The molecule has 0 aliphatic heterocycles. The Bertz CT molecular complexity index is 852. The van der Waals surface area contributed by atoms with E-state index in [1.165, 1.54) is 11.3 Å². The molecule has 1 heterocycles. The van der Waals surface area contributed by atoms with Crippen LogP contribution in [-0.2, 0) is 16.0 Å². The van der Waals surface area contributed by atoms with E-state index in [0.29, 0.717) is 18.0 Å². The van der Waals surface area contributed by atoms with Gasteiger partial charge in [-0.15, -0.1) is 16.8 Å². The van der Waals surface area contributed by atoms with Crippen LogP contribution in [0.1, 0.15) is 49.6 Å². The summed E-state index contributed by atoms with van der Waals surface area (Å²) in [6, 6.07) is 2.13. The van der Waals surface area contributed by atoms with E-state index in [1.807, 2.05) is 13.8 Å². The highest BCUT2D eigenvalue weighted by atomic mass is 32.1. The van der Waals surface area contributed by atoms with Gasteiger partial charge in [-0.3, -0.25) is 14.9 Å². The molecule has 6 nitrogen and oxygen atoms in total. The van der Waals surface area contributed by atoms with Gasteiger partial charge in [0, 0.05) is 12.0 Å². The molecule has 0 fully saturated rings. The van der Waals surface area contributed by atoms with Crippen molar-refractivity contribution in [1.82, 2.24) is 15.5 Å². The number of benzene rings is 1. The molecule has 9 heteroatoms. The summed E-state index contributed by atoms with van der Waals surface area (Å²) in [6.45, 7) is 7.57. The fourth-order valence-electron chi connectivity index (χ4n) is 2.73. The average molecular weight is 423 g/mol. The van der Waals surface area contributed by atoms with E-state index in [4.69, 9.17) is 0 Å². The van der Waals surface area contributed by atoms with Crippen LogP contribution in [0.15, 0.2) is 30.9 Å². The molecular weight excluding hydrogens is 398 g/mol. The zero-order chi connectivity index (χ0) is 21.4. The Hall–Kier alpha value is -2.68. The van der Waals surface area contributed by atoms with Crippen molar-refractivity contribution in [1.29, 1.82) is 0 Å². The second kappa shape index (κ2) is 10.8. The van der Waals surface area contributed by atoms with Crippen molar-refractivity contribution in [3.8, 4) is 0 Å². The first-order chi connectivity index (χ1) is 13.8. The summed E-state index contributed by atoms with van der Waals surface area (Å²) >= 11 is 1.27. The number of carbonyl (C=O) groups excluding carboxylic acids is 2. The average Bonchev–Trinajstić information content (AvgIpc) is 3.09. The number of allylic oxidation sites excluding steroid dienone is 1. The van der Waals surface area contributed by atoms with Gasteiger partial charge in [-0.05, 0) is 30.5 Å². The van der Waals surface area contributed by atoms with Crippen LogP contribution in [0.2, 0.25) is 0 Å². The van der Waals surface area contributed by atoms with Gasteiger partial charge in [0.15, 0.2) is 0 Å². The highest BCUT2D eigenvalue weighted by Gasteiger charge is 2.22. The molecule has 2 N–H and O–H groups in total. The summed E-state index contributed by atoms with van der Waals surface area (Å²) in [4.78, 5) is 24.9. The van der Waals surface area contributed by atoms with Gasteiger partial charge in [0.05, 0.1) is 6.42 Å². The lowest BCUT2D eigenvalue weighted by Gasteiger charge is -2.17. The Morgan fingerprint density at radius 1 is 1.24 bits per heavy atom. The highest BCUT2D eigenvalue weighted by molar-refractivity contribution is 7.15. The van der Waals surface area contributed by atoms with E-state index in [0.717, 1.165) is 29.6 Å². The van der Waals surface area contributed by atoms with E-state index in [1.54, 1.807) is 6.08 Å². The minimum absolute atomic E-state index is 0.147. The minimum atomic E-state index is -0.788. The monoisotopic (exact) mass is 422 g/mol. The second-order valence-corrected chi connectivity index (χ2v) is 7.73. The maximum atomic E-state index is 13.3. The number of halogens is 2. The molecule has 0 radical (unpaired) electrons. The Kier molecular flexibility index (Phi) is 8.38.